The highest BCUT2D eigenvalue weighted by molar-refractivity contribution is 5.80. The molecule has 0 saturated carbocycles. The Labute approximate surface area is 207 Å². The van der Waals surface area contributed by atoms with Crippen LogP contribution in [-0.4, -0.2) is 11.1 Å². The number of ether oxygens (including phenoxy) is 1. The second-order valence-corrected chi connectivity index (χ2v) is 9.32. The van der Waals surface area contributed by atoms with Crippen LogP contribution in [0.5, 0.6) is 5.75 Å². The summed E-state index contributed by atoms with van der Waals surface area (Å²) in [6.45, 7) is 10.4. The fourth-order valence-electron chi connectivity index (χ4n) is 4.16. The fourth-order valence-corrected chi connectivity index (χ4v) is 4.16. The third-order valence-corrected chi connectivity index (χ3v) is 6.50. The molecule has 4 aromatic rings. The van der Waals surface area contributed by atoms with Crippen molar-refractivity contribution >= 4 is 5.91 Å². The Hall–Kier alpha value is -3.86. The summed E-state index contributed by atoms with van der Waals surface area (Å²) in [5.74, 6) is 1.46. The van der Waals surface area contributed by atoms with Crippen molar-refractivity contribution in [2.45, 2.75) is 53.2 Å². The summed E-state index contributed by atoms with van der Waals surface area (Å²) in [5, 5.41) is 7.25. The lowest BCUT2D eigenvalue weighted by atomic mass is 9.83. The van der Waals surface area contributed by atoms with Gasteiger partial charge >= 0.3 is 0 Å². The van der Waals surface area contributed by atoms with Gasteiger partial charge in [-0.1, -0.05) is 76.9 Å². The van der Waals surface area contributed by atoms with Gasteiger partial charge in [-0.15, -0.1) is 0 Å². The summed E-state index contributed by atoms with van der Waals surface area (Å²) in [6, 6.07) is 24.3. The summed E-state index contributed by atoms with van der Waals surface area (Å²) < 4.78 is 11.1. The molecular weight excluding hydrogens is 436 g/mol. The molecule has 5 heteroatoms. The van der Waals surface area contributed by atoms with E-state index >= 15 is 0 Å². The van der Waals surface area contributed by atoms with Gasteiger partial charge in [0.25, 0.3) is 0 Å². The van der Waals surface area contributed by atoms with E-state index < -0.39 is 5.54 Å². The molecule has 4 rings (SSSR count). The van der Waals surface area contributed by atoms with Crippen LogP contribution < -0.4 is 10.1 Å². The maximum atomic E-state index is 13.2. The Morgan fingerprint density at radius 2 is 1.40 bits per heavy atom. The summed E-state index contributed by atoms with van der Waals surface area (Å²) in [6.07, 6.45) is 0.275. The largest absolute Gasteiger partial charge is 0.489 e. The maximum Gasteiger partial charge on any atom is 0.225 e. The van der Waals surface area contributed by atoms with Crippen molar-refractivity contribution in [2.24, 2.45) is 0 Å². The van der Waals surface area contributed by atoms with Crippen LogP contribution in [0.1, 0.15) is 51.8 Å². The number of carbonyl (C=O) groups is 1. The smallest absolute Gasteiger partial charge is 0.225 e. The van der Waals surface area contributed by atoms with E-state index in [9.17, 15) is 4.79 Å². The van der Waals surface area contributed by atoms with Gasteiger partial charge in [-0.2, -0.15) is 0 Å². The van der Waals surface area contributed by atoms with E-state index in [4.69, 9.17) is 9.26 Å². The van der Waals surface area contributed by atoms with E-state index in [0.29, 0.717) is 6.61 Å². The summed E-state index contributed by atoms with van der Waals surface area (Å²) in [5.41, 5.74) is 6.52. The molecule has 0 unspecified atom stereocenters. The first-order chi connectivity index (χ1) is 16.7. The first-order valence-electron chi connectivity index (χ1n) is 11.8. The maximum absolute atomic E-state index is 13.2. The van der Waals surface area contributed by atoms with Gasteiger partial charge in [0.05, 0.1) is 23.2 Å². The average molecular weight is 469 g/mol. The molecule has 0 aliphatic carbocycles. The number of aryl methyl sites for hydroxylation is 4. The lowest BCUT2D eigenvalue weighted by Crippen LogP contribution is -2.45. The Morgan fingerprint density at radius 1 is 0.857 bits per heavy atom. The van der Waals surface area contributed by atoms with Crippen LogP contribution in [0, 0.1) is 27.7 Å². The van der Waals surface area contributed by atoms with Gasteiger partial charge in [0.15, 0.2) is 0 Å². The number of amides is 1. The number of nitrogens with zero attached hydrogens (tertiary/aromatic N) is 1. The summed E-state index contributed by atoms with van der Waals surface area (Å²) in [4.78, 5) is 13.2. The molecule has 3 aromatic carbocycles. The van der Waals surface area contributed by atoms with Gasteiger partial charge in [0.2, 0.25) is 5.91 Å². The molecule has 35 heavy (non-hydrogen) atoms. The van der Waals surface area contributed by atoms with Gasteiger partial charge < -0.3 is 14.6 Å². The Bertz CT molecular complexity index is 1220. The first-order valence-corrected chi connectivity index (χ1v) is 11.8. The predicted octanol–water partition coefficient (Wildman–Crippen LogP) is 6.11. The van der Waals surface area contributed by atoms with E-state index in [0.717, 1.165) is 39.5 Å². The topological polar surface area (TPSA) is 64.4 Å². The van der Waals surface area contributed by atoms with Gasteiger partial charge in [0.1, 0.15) is 18.1 Å². The van der Waals surface area contributed by atoms with Crippen molar-refractivity contribution in [3.05, 3.63) is 118 Å². The highest BCUT2D eigenvalue weighted by Crippen LogP contribution is 2.30. The van der Waals surface area contributed by atoms with Gasteiger partial charge in [-0.25, -0.2) is 0 Å². The van der Waals surface area contributed by atoms with Crippen LogP contribution in [-0.2, 0) is 23.4 Å². The van der Waals surface area contributed by atoms with Crippen LogP contribution in [0.3, 0.4) is 0 Å². The van der Waals surface area contributed by atoms with E-state index in [2.05, 4.69) is 79.8 Å². The van der Waals surface area contributed by atoms with Crippen molar-refractivity contribution in [1.29, 1.82) is 0 Å². The molecule has 0 bridgehead atoms. The third kappa shape index (κ3) is 5.62. The Kier molecular flexibility index (Phi) is 7.06. The number of carbonyl (C=O) groups excluding carboxylic acids is 1. The lowest BCUT2D eigenvalue weighted by molar-refractivity contribution is -0.121. The molecule has 1 amide bonds. The number of nitrogens with one attached hydrogen (secondary N) is 1. The van der Waals surface area contributed by atoms with Gasteiger partial charge in [-0.3, -0.25) is 4.79 Å². The second-order valence-electron chi connectivity index (χ2n) is 9.32. The normalized spacial score (nSPS) is 11.3. The Balaban J connectivity index is 1.46. The van der Waals surface area contributed by atoms with Crippen molar-refractivity contribution < 1.29 is 14.1 Å². The fraction of sp³-hybridized carbons (Fsp3) is 0.267. The van der Waals surface area contributed by atoms with Gasteiger partial charge in [-0.05, 0) is 63.4 Å². The molecule has 180 valence electrons. The minimum Gasteiger partial charge on any atom is -0.489 e. The molecule has 0 saturated heterocycles. The molecule has 0 fully saturated rings. The number of rotatable bonds is 8. The molecule has 1 aromatic heterocycles. The summed E-state index contributed by atoms with van der Waals surface area (Å²) >= 11 is 0. The molecule has 0 spiro atoms. The zero-order valence-electron chi connectivity index (χ0n) is 21.0. The monoisotopic (exact) mass is 468 g/mol. The van der Waals surface area contributed by atoms with Crippen LogP contribution >= 0.6 is 0 Å². The zero-order chi connectivity index (χ0) is 25.0. The van der Waals surface area contributed by atoms with E-state index in [1.807, 2.05) is 38.1 Å². The molecular formula is C30H32N2O3. The number of hydrogen-bond acceptors (Lipinski definition) is 4. The van der Waals surface area contributed by atoms with Crippen molar-refractivity contribution in [2.75, 3.05) is 0 Å². The van der Waals surface area contributed by atoms with E-state index in [1.54, 1.807) is 0 Å². The van der Waals surface area contributed by atoms with E-state index in [1.165, 1.54) is 11.1 Å². The molecule has 1 N–H and O–H groups in total. The van der Waals surface area contributed by atoms with Gasteiger partial charge in [0, 0.05) is 0 Å². The van der Waals surface area contributed by atoms with Crippen LogP contribution in [0.2, 0.25) is 0 Å². The number of hydrogen-bond donors (Lipinski definition) is 1. The standard InChI is InChI=1S/C30H32N2O3/c1-20-6-12-25(13-7-20)30(5,26-14-8-21(2)9-15-26)31-29(33)18-24-10-16-27(17-11-24)34-19-28-22(3)32-35-23(28)4/h6-17H,18-19H2,1-5H3,(H,31,33). The number of benzene rings is 3. The SMILES string of the molecule is Cc1ccc(C(C)(NC(=O)Cc2ccc(OCc3c(C)noc3C)cc2)c2ccc(C)cc2)cc1. The summed E-state index contributed by atoms with van der Waals surface area (Å²) in [7, 11) is 0. The van der Waals surface area contributed by atoms with Crippen LogP contribution in [0.25, 0.3) is 0 Å². The number of aromatic nitrogens is 1. The molecule has 5 nitrogen and oxygen atoms in total. The Morgan fingerprint density at radius 3 is 1.89 bits per heavy atom. The minimum absolute atomic E-state index is 0.0435. The van der Waals surface area contributed by atoms with Crippen molar-refractivity contribution in [3.8, 4) is 5.75 Å². The van der Waals surface area contributed by atoms with Crippen LogP contribution in [0.4, 0.5) is 0 Å². The molecule has 0 radical (unpaired) electrons. The van der Waals surface area contributed by atoms with Crippen molar-refractivity contribution in [3.63, 3.8) is 0 Å². The van der Waals surface area contributed by atoms with E-state index in [-0.39, 0.29) is 12.3 Å². The van der Waals surface area contributed by atoms with Crippen molar-refractivity contribution in [1.82, 2.24) is 10.5 Å². The minimum atomic E-state index is -0.643. The zero-order valence-corrected chi connectivity index (χ0v) is 21.0. The molecule has 0 aliphatic rings. The first kappa shape index (κ1) is 24.3. The molecule has 1 heterocycles. The molecule has 0 aliphatic heterocycles. The third-order valence-electron chi connectivity index (χ3n) is 6.50. The highest BCUT2D eigenvalue weighted by Gasteiger charge is 2.30. The highest BCUT2D eigenvalue weighted by atomic mass is 16.5. The predicted molar refractivity (Wildman–Crippen MR) is 137 cm³/mol. The lowest BCUT2D eigenvalue weighted by Gasteiger charge is -2.32. The second kappa shape index (κ2) is 10.2. The quantitative estimate of drug-likeness (QED) is 0.339. The average Bonchev–Trinajstić information content (AvgIpc) is 3.16. The van der Waals surface area contributed by atoms with Crippen LogP contribution in [0.15, 0.2) is 77.3 Å². The molecule has 0 atom stereocenters.